The number of hydrogen-bond donors (Lipinski definition) is 1. The fraction of sp³-hybridized carbons (Fsp3) is 0.222. The Hall–Kier alpha value is -2.00. The van der Waals surface area contributed by atoms with E-state index in [0.29, 0.717) is 0 Å². The molecule has 14 heavy (non-hydrogen) atoms. The molecule has 1 fully saturated rings. The van der Waals surface area contributed by atoms with Crippen molar-refractivity contribution in [3.8, 4) is 0 Å². The van der Waals surface area contributed by atoms with Crippen LogP contribution in [-0.4, -0.2) is 11.9 Å². The van der Waals surface area contributed by atoms with Crippen molar-refractivity contribution in [2.45, 2.75) is 12.1 Å². The van der Waals surface area contributed by atoms with Gasteiger partial charge >= 0.3 is 0 Å². The normalized spacial score (nSPS) is 24.4. The number of carbonyl (C=O) groups is 1. The molecule has 0 bridgehead atoms. The molecule has 1 N–H and O–H groups in total. The van der Waals surface area contributed by atoms with Crippen LogP contribution in [0.3, 0.4) is 0 Å². The lowest BCUT2D eigenvalue weighted by atomic mass is 9.92. The molecular formula is C9H8N4O. The first-order chi connectivity index (χ1) is 6.83. The maximum absolute atomic E-state index is 11.0. The van der Waals surface area contributed by atoms with Crippen LogP contribution in [0.4, 0.5) is 0 Å². The smallest absolute Gasteiger partial charge is 0.231 e. The van der Waals surface area contributed by atoms with Gasteiger partial charge in [0.1, 0.15) is 6.04 Å². The topological polar surface area (TPSA) is 77.9 Å². The number of nitrogens with zero attached hydrogens (tertiary/aromatic N) is 3. The van der Waals surface area contributed by atoms with Crippen LogP contribution in [0.5, 0.6) is 0 Å². The van der Waals surface area contributed by atoms with Gasteiger partial charge in [-0.1, -0.05) is 35.4 Å². The summed E-state index contributed by atoms with van der Waals surface area (Å²) in [5.41, 5.74) is 9.22. The highest BCUT2D eigenvalue weighted by Gasteiger charge is 2.39. The van der Waals surface area contributed by atoms with Gasteiger partial charge < -0.3 is 5.32 Å². The summed E-state index contributed by atoms with van der Waals surface area (Å²) in [4.78, 5) is 13.7. The second-order valence-corrected chi connectivity index (χ2v) is 3.05. The molecule has 5 nitrogen and oxygen atoms in total. The molecule has 5 heteroatoms. The lowest BCUT2D eigenvalue weighted by Gasteiger charge is -2.33. The van der Waals surface area contributed by atoms with Crippen molar-refractivity contribution in [3.63, 3.8) is 0 Å². The Morgan fingerprint density at radius 2 is 2.07 bits per heavy atom. The number of amides is 1. The minimum absolute atomic E-state index is 0.167. The monoisotopic (exact) mass is 188 g/mol. The molecule has 1 heterocycles. The van der Waals surface area contributed by atoms with Gasteiger partial charge in [-0.05, 0) is 11.1 Å². The van der Waals surface area contributed by atoms with Crippen LogP contribution < -0.4 is 5.32 Å². The van der Waals surface area contributed by atoms with Crippen molar-refractivity contribution in [2.75, 3.05) is 0 Å². The first-order valence-electron chi connectivity index (χ1n) is 4.22. The number of benzene rings is 1. The van der Waals surface area contributed by atoms with Crippen molar-refractivity contribution in [1.29, 1.82) is 0 Å². The van der Waals surface area contributed by atoms with Crippen LogP contribution >= 0.6 is 0 Å². The molecule has 2 atom stereocenters. The molecule has 1 amide bonds. The third-order valence-electron chi connectivity index (χ3n) is 2.22. The van der Waals surface area contributed by atoms with E-state index in [0.717, 1.165) is 5.56 Å². The molecule has 1 aliphatic rings. The Morgan fingerprint density at radius 1 is 1.36 bits per heavy atom. The third kappa shape index (κ3) is 1.30. The van der Waals surface area contributed by atoms with Gasteiger partial charge in [0.05, 0.1) is 6.04 Å². The van der Waals surface area contributed by atoms with Gasteiger partial charge in [0.25, 0.3) is 0 Å². The summed E-state index contributed by atoms with van der Waals surface area (Å²) < 4.78 is 0. The molecule has 0 spiro atoms. The Bertz CT molecular complexity index is 395. The molecule has 2 rings (SSSR count). The van der Waals surface area contributed by atoms with Crippen molar-refractivity contribution < 1.29 is 4.79 Å². The van der Waals surface area contributed by atoms with E-state index >= 15 is 0 Å². The van der Waals surface area contributed by atoms with Crippen molar-refractivity contribution in [3.05, 3.63) is 46.3 Å². The summed E-state index contributed by atoms with van der Waals surface area (Å²) in [7, 11) is 0. The summed E-state index contributed by atoms with van der Waals surface area (Å²) in [6.45, 7) is 0. The van der Waals surface area contributed by atoms with Crippen LogP contribution in [0.15, 0.2) is 35.4 Å². The first-order valence-corrected chi connectivity index (χ1v) is 4.22. The van der Waals surface area contributed by atoms with E-state index in [1.807, 2.05) is 30.3 Å². The van der Waals surface area contributed by atoms with Gasteiger partial charge in [-0.3, -0.25) is 4.79 Å². The SMILES string of the molecule is [N-]=[N+]=NC1C(=O)NC1c1ccccc1. The van der Waals surface area contributed by atoms with E-state index in [4.69, 9.17) is 5.53 Å². The molecular weight excluding hydrogens is 180 g/mol. The van der Waals surface area contributed by atoms with Gasteiger partial charge in [-0.2, -0.15) is 0 Å². The Labute approximate surface area is 80.4 Å². The van der Waals surface area contributed by atoms with Crippen molar-refractivity contribution >= 4 is 5.91 Å². The van der Waals surface area contributed by atoms with E-state index in [9.17, 15) is 4.79 Å². The average Bonchev–Trinajstić information content (AvgIpc) is 2.24. The summed E-state index contributed by atoms with van der Waals surface area (Å²) in [6, 6.07) is 8.68. The molecule has 0 aliphatic carbocycles. The zero-order valence-electron chi connectivity index (χ0n) is 7.29. The third-order valence-corrected chi connectivity index (χ3v) is 2.22. The van der Waals surface area contributed by atoms with Crippen LogP contribution in [-0.2, 0) is 4.79 Å². The number of nitrogens with one attached hydrogen (secondary N) is 1. The number of hydrogen-bond acceptors (Lipinski definition) is 2. The van der Waals surface area contributed by atoms with Gasteiger partial charge in [0.15, 0.2) is 0 Å². The number of azide groups is 1. The zero-order chi connectivity index (χ0) is 9.97. The summed E-state index contributed by atoms with van der Waals surface area (Å²) in [5, 5.41) is 6.13. The van der Waals surface area contributed by atoms with Crippen LogP contribution in [0.2, 0.25) is 0 Å². The van der Waals surface area contributed by atoms with E-state index in [1.165, 1.54) is 0 Å². The molecule has 1 aromatic carbocycles. The van der Waals surface area contributed by atoms with E-state index in [1.54, 1.807) is 0 Å². The quantitative estimate of drug-likeness (QED) is 0.325. The molecule has 1 aromatic rings. The maximum Gasteiger partial charge on any atom is 0.231 e. The Balaban J connectivity index is 2.22. The van der Waals surface area contributed by atoms with Gasteiger partial charge in [-0.25, -0.2) is 0 Å². The summed E-state index contributed by atoms with van der Waals surface area (Å²) >= 11 is 0. The molecule has 2 unspecified atom stereocenters. The number of carbonyl (C=O) groups excluding carboxylic acids is 1. The molecule has 1 saturated heterocycles. The first kappa shape index (κ1) is 8.59. The lowest BCUT2D eigenvalue weighted by molar-refractivity contribution is -0.130. The minimum Gasteiger partial charge on any atom is -0.348 e. The van der Waals surface area contributed by atoms with Crippen molar-refractivity contribution in [1.82, 2.24) is 5.32 Å². The van der Waals surface area contributed by atoms with E-state index < -0.39 is 6.04 Å². The van der Waals surface area contributed by atoms with Crippen molar-refractivity contribution in [2.24, 2.45) is 5.11 Å². The van der Waals surface area contributed by atoms with Gasteiger partial charge in [0, 0.05) is 4.91 Å². The molecule has 1 aliphatic heterocycles. The minimum atomic E-state index is -0.595. The Kier molecular flexibility index (Phi) is 2.08. The van der Waals surface area contributed by atoms with E-state index in [-0.39, 0.29) is 11.9 Å². The van der Waals surface area contributed by atoms with E-state index in [2.05, 4.69) is 15.3 Å². The van der Waals surface area contributed by atoms with Crippen LogP contribution in [0, 0.1) is 0 Å². The predicted molar refractivity (Wildman–Crippen MR) is 50.3 cm³/mol. The fourth-order valence-electron chi connectivity index (χ4n) is 1.47. The highest BCUT2D eigenvalue weighted by atomic mass is 16.2. The number of rotatable bonds is 2. The molecule has 0 aromatic heterocycles. The summed E-state index contributed by atoms with van der Waals surface area (Å²) in [5.74, 6) is -0.211. The molecule has 0 radical (unpaired) electrons. The van der Waals surface area contributed by atoms with Crippen LogP contribution in [0.25, 0.3) is 10.4 Å². The predicted octanol–water partition coefficient (Wildman–Crippen LogP) is 1.54. The Morgan fingerprint density at radius 3 is 2.64 bits per heavy atom. The summed E-state index contributed by atoms with van der Waals surface area (Å²) in [6.07, 6.45) is 0. The number of β-lactam (4-membered cyclic amide) rings is 1. The largest absolute Gasteiger partial charge is 0.348 e. The lowest BCUT2D eigenvalue weighted by Crippen LogP contribution is -2.54. The standard InChI is InChI=1S/C9H8N4O/c10-13-12-8-7(11-9(8)14)6-4-2-1-3-5-6/h1-5,7-8H,(H,11,14). The second kappa shape index (κ2) is 3.40. The van der Waals surface area contributed by atoms with Gasteiger partial charge in [-0.15, -0.1) is 0 Å². The average molecular weight is 188 g/mol. The molecule has 70 valence electrons. The highest BCUT2D eigenvalue weighted by molar-refractivity contribution is 5.89. The second-order valence-electron chi connectivity index (χ2n) is 3.05. The highest BCUT2D eigenvalue weighted by Crippen LogP contribution is 2.26. The van der Waals surface area contributed by atoms with Crippen LogP contribution in [0.1, 0.15) is 11.6 Å². The maximum atomic E-state index is 11.0. The molecule has 0 saturated carbocycles. The van der Waals surface area contributed by atoms with Gasteiger partial charge in [0.2, 0.25) is 5.91 Å². The fourth-order valence-corrected chi connectivity index (χ4v) is 1.47. The zero-order valence-corrected chi connectivity index (χ0v) is 7.29.